The molecule has 0 radical (unpaired) electrons. The van der Waals surface area contributed by atoms with Crippen molar-refractivity contribution in [2.45, 2.75) is 31.8 Å². The summed E-state index contributed by atoms with van der Waals surface area (Å²) in [7, 11) is 0. The van der Waals surface area contributed by atoms with E-state index in [1.165, 1.54) is 4.90 Å². The molecule has 0 aromatic rings. The van der Waals surface area contributed by atoms with Crippen LogP contribution in [0.5, 0.6) is 0 Å². The molecule has 5 heteroatoms. The number of nitrogens with zero attached hydrogens (tertiary/aromatic N) is 2. The second kappa shape index (κ2) is 3.64. The SMILES string of the molecule is CC1CN(CC=O)C(=O)C(=O)N1C1CC1. The Hall–Kier alpha value is -1.39. The van der Waals surface area contributed by atoms with Crippen molar-refractivity contribution in [2.75, 3.05) is 13.1 Å². The molecule has 2 rings (SSSR count). The van der Waals surface area contributed by atoms with Gasteiger partial charge < -0.3 is 14.6 Å². The molecule has 2 amide bonds. The van der Waals surface area contributed by atoms with Gasteiger partial charge >= 0.3 is 11.8 Å². The van der Waals surface area contributed by atoms with Gasteiger partial charge in [-0.25, -0.2) is 0 Å². The Morgan fingerprint density at radius 2 is 2.00 bits per heavy atom. The molecule has 1 aliphatic heterocycles. The third-order valence-corrected chi connectivity index (χ3v) is 2.90. The van der Waals surface area contributed by atoms with Crippen molar-refractivity contribution in [3.8, 4) is 0 Å². The molecule has 82 valence electrons. The fourth-order valence-corrected chi connectivity index (χ4v) is 2.06. The molecule has 0 bridgehead atoms. The van der Waals surface area contributed by atoms with Gasteiger partial charge in [0.2, 0.25) is 0 Å². The molecule has 1 saturated heterocycles. The van der Waals surface area contributed by atoms with E-state index in [2.05, 4.69) is 0 Å². The Morgan fingerprint density at radius 1 is 1.33 bits per heavy atom. The van der Waals surface area contributed by atoms with Crippen LogP contribution in [0.15, 0.2) is 0 Å². The third kappa shape index (κ3) is 1.73. The Kier molecular flexibility index (Phi) is 2.46. The number of piperazine rings is 1. The lowest BCUT2D eigenvalue weighted by Gasteiger charge is -2.38. The zero-order valence-electron chi connectivity index (χ0n) is 8.68. The summed E-state index contributed by atoms with van der Waals surface area (Å²) in [5.74, 6) is -0.981. The minimum absolute atomic E-state index is 0.0212. The van der Waals surface area contributed by atoms with E-state index in [1.807, 2.05) is 6.92 Å². The number of hydrogen-bond donors (Lipinski definition) is 0. The van der Waals surface area contributed by atoms with Gasteiger partial charge in [-0.05, 0) is 19.8 Å². The first-order valence-electron chi connectivity index (χ1n) is 5.20. The molecule has 5 nitrogen and oxygen atoms in total. The Bertz CT molecular complexity index is 312. The van der Waals surface area contributed by atoms with Crippen LogP contribution in [0.1, 0.15) is 19.8 Å². The fraction of sp³-hybridized carbons (Fsp3) is 0.700. The lowest BCUT2D eigenvalue weighted by atomic mass is 10.1. The maximum absolute atomic E-state index is 11.7. The molecule has 1 atom stereocenters. The first kappa shape index (κ1) is 10.1. The molecule has 0 N–H and O–H groups in total. The highest BCUT2D eigenvalue weighted by Crippen LogP contribution is 2.30. The number of rotatable bonds is 3. The van der Waals surface area contributed by atoms with Crippen LogP contribution in [0.3, 0.4) is 0 Å². The smallest absolute Gasteiger partial charge is 0.312 e. The summed E-state index contributed by atoms with van der Waals surface area (Å²) in [4.78, 5) is 36.6. The van der Waals surface area contributed by atoms with Crippen LogP contribution in [-0.4, -0.2) is 53.1 Å². The summed E-state index contributed by atoms with van der Waals surface area (Å²) in [6.07, 6.45) is 2.65. The predicted octanol–water partition coefficient (Wildman–Crippen LogP) is -0.593. The Labute approximate surface area is 88.0 Å². The summed E-state index contributed by atoms with van der Waals surface area (Å²) < 4.78 is 0. The van der Waals surface area contributed by atoms with Crippen molar-refractivity contribution < 1.29 is 14.4 Å². The van der Waals surface area contributed by atoms with Gasteiger partial charge in [0, 0.05) is 18.6 Å². The van der Waals surface area contributed by atoms with E-state index < -0.39 is 11.8 Å². The largest absolute Gasteiger partial charge is 0.327 e. The number of hydrogen-bond acceptors (Lipinski definition) is 3. The van der Waals surface area contributed by atoms with E-state index in [0.717, 1.165) is 12.8 Å². The molecule has 0 aromatic heterocycles. The van der Waals surface area contributed by atoms with Crippen molar-refractivity contribution in [3.63, 3.8) is 0 Å². The van der Waals surface area contributed by atoms with Gasteiger partial charge in [-0.3, -0.25) is 9.59 Å². The molecule has 0 spiro atoms. The molecule has 1 saturated carbocycles. The van der Waals surface area contributed by atoms with E-state index >= 15 is 0 Å². The summed E-state index contributed by atoms with van der Waals surface area (Å²) in [5, 5.41) is 0. The summed E-state index contributed by atoms with van der Waals surface area (Å²) in [6, 6.07) is 0.289. The molecule has 0 aromatic carbocycles. The second-order valence-corrected chi connectivity index (χ2v) is 4.17. The zero-order valence-corrected chi connectivity index (χ0v) is 8.68. The number of aldehydes is 1. The molecular formula is C10H14N2O3. The molecular weight excluding hydrogens is 196 g/mol. The van der Waals surface area contributed by atoms with Crippen LogP contribution in [-0.2, 0) is 14.4 Å². The highest BCUT2D eigenvalue weighted by atomic mass is 16.2. The number of amides is 2. The summed E-state index contributed by atoms with van der Waals surface area (Å²) >= 11 is 0. The first-order chi connectivity index (χ1) is 7.15. The second-order valence-electron chi connectivity index (χ2n) is 4.17. The van der Waals surface area contributed by atoms with Crippen LogP contribution >= 0.6 is 0 Å². The maximum atomic E-state index is 11.7. The highest BCUT2D eigenvalue weighted by molar-refractivity contribution is 6.35. The zero-order chi connectivity index (χ0) is 11.0. The van der Waals surface area contributed by atoms with Crippen LogP contribution in [0.2, 0.25) is 0 Å². The fourth-order valence-electron chi connectivity index (χ4n) is 2.06. The minimum atomic E-state index is -0.535. The topological polar surface area (TPSA) is 57.7 Å². The molecule has 1 unspecified atom stereocenters. The van der Waals surface area contributed by atoms with Gasteiger partial charge in [0.05, 0.1) is 6.54 Å². The summed E-state index contributed by atoms with van der Waals surface area (Å²) in [6.45, 7) is 2.41. The number of carbonyl (C=O) groups excluding carboxylic acids is 3. The van der Waals surface area contributed by atoms with Crippen LogP contribution < -0.4 is 0 Å². The summed E-state index contributed by atoms with van der Waals surface area (Å²) in [5.41, 5.74) is 0. The quantitative estimate of drug-likeness (QED) is 0.462. The highest BCUT2D eigenvalue weighted by Gasteiger charge is 2.43. The van der Waals surface area contributed by atoms with Crippen LogP contribution in [0.4, 0.5) is 0 Å². The van der Waals surface area contributed by atoms with E-state index in [9.17, 15) is 14.4 Å². The van der Waals surface area contributed by atoms with Crippen molar-refractivity contribution in [1.29, 1.82) is 0 Å². The van der Waals surface area contributed by atoms with Gasteiger partial charge in [-0.15, -0.1) is 0 Å². The van der Waals surface area contributed by atoms with Crippen molar-refractivity contribution >= 4 is 18.1 Å². The number of carbonyl (C=O) groups is 3. The monoisotopic (exact) mass is 210 g/mol. The molecule has 15 heavy (non-hydrogen) atoms. The molecule has 2 aliphatic rings. The molecule has 2 fully saturated rings. The van der Waals surface area contributed by atoms with Gasteiger partial charge in [-0.1, -0.05) is 0 Å². The maximum Gasteiger partial charge on any atom is 0.312 e. The lowest BCUT2D eigenvalue weighted by Crippen LogP contribution is -2.59. The van der Waals surface area contributed by atoms with Crippen molar-refractivity contribution in [2.24, 2.45) is 0 Å². The van der Waals surface area contributed by atoms with E-state index in [4.69, 9.17) is 0 Å². The average Bonchev–Trinajstić information content (AvgIpc) is 2.98. The van der Waals surface area contributed by atoms with Crippen LogP contribution in [0, 0.1) is 0 Å². The standard InChI is InChI=1S/C10H14N2O3/c1-7-6-11(4-5-13)9(14)10(15)12(7)8-2-3-8/h5,7-8H,2-4,6H2,1H3. The minimum Gasteiger partial charge on any atom is -0.327 e. The van der Waals surface area contributed by atoms with Gasteiger partial charge in [0.1, 0.15) is 6.29 Å². The Morgan fingerprint density at radius 3 is 2.53 bits per heavy atom. The lowest BCUT2D eigenvalue weighted by molar-refractivity contribution is -0.159. The normalized spacial score (nSPS) is 27.1. The molecule has 1 aliphatic carbocycles. The van der Waals surface area contributed by atoms with Gasteiger partial charge in [-0.2, -0.15) is 0 Å². The van der Waals surface area contributed by atoms with Gasteiger partial charge in [0.25, 0.3) is 0 Å². The van der Waals surface area contributed by atoms with Crippen molar-refractivity contribution in [3.05, 3.63) is 0 Å². The van der Waals surface area contributed by atoms with Crippen LogP contribution in [0.25, 0.3) is 0 Å². The van der Waals surface area contributed by atoms with E-state index in [0.29, 0.717) is 12.8 Å². The predicted molar refractivity (Wildman–Crippen MR) is 52.0 cm³/mol. The first-order valence-corrected chi connectivity index (χ1v) is 5.20. The third-order valence-electron chi connectivity index (χ3n) is 2.90. The average molecular weight is 210 g/mol. The van der Waals surface area contributed by atoms with Crippen molar-refractivity contribution in [1.82, 2.24) is 9.80 Å². The van der Waals surface area contributed by atoms with E-state index in [-0.39, 0.29) is 18.6 Å². The Balaban J connectivity index is 2.11. The van der Waals surface area contributed by atoms with Gasteiger partial charge in [0.15, 0.2) is 0 Å². The molecule has 1 heterocycles. The van der Waals surface area contributed by atoms with E-state index in [1.54, 1.807) is 4.90 Å².